The molecule has 24 heavy (non-hydrogen) atoms. The van der Waals surface area contributed by atoms with E-state index in [1.54, 1.807) is 26.0 Å². The number of aromatic nitrogens is 1. The van der Waals surface area contributed by atoms with Gasteiger partial charge < -0.3 is 15.1 Å². The van der Waals surface area contributed by atoms with Crippen LogP contribution in [0.3, 0.4) is 0 Å². The molecule has 3 aromatic rings. The molecule has 0 bridgehead atoms. The van der Waals surface area contributed by atoms with Crippen molar-refractivity contribution in [3.63, 3.8) is 0 Å². The van der Waals surface area contributed by atoms with E-state index >= 15 is 0 Å². The standard InChI is InChI=1S/C17H15ClFN3O2/c1-9(17(23)22-14-5-3-11(19)7-13(14)18)20-12-4-6-16-15(8-12)21-10(2)24-16/h3-9,20H,1-2H3,(H,22,23)/t9-/m0/s1. The first kappa shape index (κ1) is 16.3. The Hall–Kier alpha value is -2.60. The van der Waals surface area contributed by atoms with Gasteiger partial charge in [0.1, 0.15) is 17.4 Å². The lowest BCUT2D eigenvalue weighted by atomic mass is 10.2. The van der Waals surface area contributed by atoms with E-state index in [9.17, 15) is 9.18 Å². The Balaban J connectivity index is 1.70. The highest BCUT2D eigenvalue weighted by Crippen LogP contribution is 2.23. The van der Waals surface area contributed by atoms with Crippen molar-refractivity contribution < 1.29 is 13.6 Å². The minimum absolute atomic E-state index is 0.148. The Labute approximate surface area is 142 Å². The van der Waals surface area contributed by atoms with Crippen molar-refractivity contribution in [3.05, 3.63) is 53.1 Å². The van der Waals surface area contributed by atoms with E-state index in [1.165, 1.54) is 12.1 Å². The highest BCUT2D eigenvalue weighted by atomic mass is 35.5. The maximum atomic E-state index is 13.0. The topological polar surface area (TPSA) is 67.2 Å². The average molecular weight is 348 g/mol. The number of halogens is 2. The van der Waals surface area contributed by atoms with Crippen LogP contribution in [0.2, 0.25) is 5.02 Å². The summed E-state index contributed by atoms with van der Waals surface area (Å²) in [5.74, 6) is -0.167. The summed E-state index contributed by atoms with van der Waals surface area (Å²) >= 11 is 5.91. The molecule has 0 unspecified atom stereocenters. The fourth-order valence-electron chi connectivity index (χ4n) is 2.28. The molecule has 2 N–H and O–H groups in total. The summed E-state index contributed by atoms with van der Waals surface area (Å²) in [7, 11) is 0. The summed E-state index contributed by atoms with van der Waals surface area (Å²) in [6.07, 6.45) is 0. The number of amides is 1. The van der Waals surface area contributed by atoms with Crippen LogP contribution in [-0.4, -0.2) is 16.9 Å². The molecule has 1 atom stereocenters. The molecule has 0 saturated heterocycles. The molecule has 1 aromatic heterocycles. The van der Waals surface area contributed by atoms with Crippen LogP contribution in [0.15, 0.2) is 40.8 Å². The SMILES string of the molecule is Cc1nc2cc(N[C@@H](C)C(=O)Nc3ccc(F)cc3Cl)ccc2o1. The van der Waals surface area contributed by atoms with Crippen LogP contribution in [0.4, 0.5) is 15.8 Å². The zero-order valence-electron chi connectivity index (χ0n) is 13.1. The Kier molecular flexibility index (Phi) is 4.40. The molecular formula is C17H15ClFN3O2. The highest BCUT2D eigenvalue weighted by molar-refractivity contribution is 6.33. The molecule has 124 valence electrons. The van der Waals surface area contributed by atoms with E-state index in [0.717, 1.165) is 11.8 Å². The summed E-state index contributed by atoms with van der Waals surface area (Å²) < 4.78 is 18.5. The summed E-state index contributed by atoms with van der Waals surface area (Å²) in [5, 5.41) is 5.90. The fourth-order valence-corrected chi connectivity index (χ4v) is 2.49. The predicted octanol–water partition coefficient (Wildman–Crippen LogP) is 4.37. The molecular weight excluding hydrogens is 333 g/mol. The minimum Gasteiger partial charge on any atom is -0.441 e. The van der Waals surface area contributed by atoms with Crippen LogP contribution in [0, 0.1) is 12.7 Å². The lowest BCUT2D eigenvalue weighted by Gasteiger charge is -2.16. The number of aryl methyl sites for hydroxylation is 1. The van der Waals surface area contributed by atoms with Gasteiger partial charge in [0.2, 0.25) is 5.91 Å². The molecule has 0 radical (unpaired) electrons. The van der Waals surface area contributed by atoms with Crippen molar-refractivity contribution in [2.45, 2.75) is 19.9 Å². The predicted molar refractivity (Wildman–Crippen MR) is 91.9 cm³/mol. The van der Waals surface area contributed by atoms with Gasteiger partial charge in [0, 0.05) is 12.6 Å². The minimum atomic E-state index is -0.531. The molecule has 1 amide bonds. The summed E-state index contributed by atoms with van der Waals surface area (Å²) in [6, 6.07) is 8.68. The first-order valence-corrected chi connectivity index (χ1v) is 7.70. The normalized spacial score (nSPS) is 12.2. The Morgan fingerprint density at radius 1 is 1.29 bits per heavy atom. The number of carbonyl (C=O) groups excluding carboxylic acids is 1. The van der Waals surface area contributed by atoms with Gasteiger partial charge in [-0.3, -0.25) is 4.79 Å². The number of rotatable bonds is 4. The number of anilines is 2. The van der Waals surface area contributed by atoms with Gasteiger partial charge in [-0.25, -0.2) is 9.37 Å². The maximum absolute atomic E-state index is 13.0. The quantitative estimate of drug-likeness (QED) is 0.735. The van der Waals surface area contributed by atoms with Crippen molar-refractivity contribution in [3.8, 4) is 0 Å². The number of nitrogens with one attached hydrogen (secondary N) is 2. The molecule has 0 fully saturated rings. The van der Waals surface area contributed by atoms with Crippen molar-refractivity contribution in [2.75, 3.05) is 10.6 Å². The first-order valence-electron chi connectivity index (χ1n) is 7.32. The largest absolute Gasteiger partial charge is 0.441 e. The van der Waals surface area contributed by atoms with E-state index in [4.69, 9.17) is 16.0 Å². The van der Waals surface area contributed by atoms with Crippen LogP contribution in [0.1, 0.15) is 12.8 Å². The molecule has 1 heterocycles. The Morgan fingerprint density at radius 2 is 2.08 bits per heavy atom. The number of oxazole rings is 1. The second-order valence-electron chi connectivity index (χ2n) is 5.39. The first-order chi connectivity index (χ1) is 11.4. The van der Waals surface area contributed by atoms with Gasteiger partial charge in [-0.2, -0.15) is 0 Å². The molecule has 5 nitrogen and oxygen atoms in total. The molecule has 0 saturated carbocycles. The molecule has 0 aliphatic carbocycles. The second kappa shape index (κ2) is 6.49. The third-order valence-corrected chi connectivity index (χ3v) is 3.77. The Bertz CT molecular complexity index is 910. The van der Waals surface area contributed by atoms with E-state index < -0.39 is 11.9 Å². The third-order valence-electron chi connectivity index (χ3n) is 3.46. The highest BCUT2D eigenvalue weighted by Gasteiger charge is 2.15. The molecule has 0 spiro atoms. The van der Waals surface area contributed by atoms with Gasteiger partial charge >= 0.3 is 0 Å². The van der Waals surface area contributed by atoms with Crippen LogP contribution in [0.25, 0.3) is 11.1 Å². The number of carbonyl (C=O) groups is 1. The Morgan fingerprint density at radius 3 is 2.83 bits per heavy atom. The summed E-state index contributed by atoms with van der Waals surface area (Å²) in [5.41, 5.74) is 2.50. The molecule has 2 aromatic carbocycles. The van der Waals surface area contributed by atoms with Crippen LogP contribution in [-0.2, 0) is 4.79 Å². The number of hydrogen-bond donors (Lipinski definition) is 2. The summed E-state index contributed by atoms with van der Waals surface area (Å²) in [4.78, 5) is 16.5. The van der Waals surface area contributed by atoms with Crippen LogP contribution in [0.5, 0.6) is 0 Å². The van der Waals surface area contributed by atoms with Gasteiger partial charge in [-0.1, -0.05) is 11.6 Å². The number of benzene rings is 2. The van der Waals surface area contributed by atoms with Gasteiger partial charge in [0.25, 0.3) is 0 Å². The molecule has 3 rings (SSSR count). The van der Waals surface area contributed by atoms with Crippen molar-refractivity contribution in [2.24, 2.45) is 0 Å². The van der Waals surface area contributed by atoms with Crippen molar-refractivity contribution in [1.82, 2.24) is 4.98 Å². The van der Waals surface area contributed by atoms with E-state index in [2.05, 4.69) is 15.6 Å². The lowest BCUT2D eigenvalue weighted by Crippen LogP contribution is -2.31. The number of nitrogens with zero attached hydrogens (tertiary/aromatic N) is 1. The molecule has 7 heteroatoms. The zero-order chi connectivity index (χ0) is 17.3. The maximum Gasteiger partial charge on any atom is 0.246 e. The van der Waals surface area contributed by atoms with Gasteiger partial charge in [-0.05, 0) is 43.3 Å². The number of hydrogen-bond acceptors (Lipinski definition) is 4. The smallest absolute Gasteiger partial charge is 0.246 e. The van der Waals surface area contributed by atoms with Crippen molar-refractivity contribution >= 4 is 40.0 Å². The van der Waals surface area contributed by atoms with Crippen molar-refractivity contribution in [1.29, 1.82) is 0 Å². The van der Waals surface area contributed by atoms with Gasteiger partial charge in [0.15, 0.2) is 11.5 Å². The average Bonchev–Trinajstić information content (AvgIpc) is 2.89. The summed E-state index contributed by atoms with van der Waals surface area (Å²) in [6.45, 7) is 3.49. The molecule has 0 aliphatic rings. The van der Waals surface area contributed by atoms with Crippen LogP contribution < -0.4 is 10.6 Å². The van der Waals surface area contributed by atoms with Gasteiger partial charge in [0.05, 0.1) is 10.7 Å². The second-order valence-corrected chi connectivity index (χ2v) is 5.80. The van der Waals surface area contributed by atoms with E-state index in [0.29, 0.717) is 22.7 Å². The van der Waals surface area contributed by atoms with Crippen LogP contribution >= 0.6 is 11.6 Å². The number of fused-ring (bicyclic) bond motifs is 1. The van der Waals surface area contributed by atoms with Gasteiger partial charge in [-0.15, -0.1) is 0 Å². The zero-order valence-corrected chi connectivity index (χ0v) is 13.8. The monoisotopic (exact) mass is 347 g/mol. The lowest BCUT2D eigenvalue weighted by molar-refractivity contribution is -0.116. The third kappa shape index (κ3) is 3.49. The molecule has 0 aliphatic heterocycles. The van der Waals surface area contributed by atoms with E-state index in [-0.39, 0.29) is 10.9 Å². The van der Waals surface area contributed by atoms with E-state index in [1.807, 2.05) is 6.07 Å². The fraction of sp³-hybridized carbons (Fsp3) is 0.176.